The van der Waals surface area contributed by atoms with E-state index in [9.17, 15) is 4.79 Å². The number of hydrogen-bond acceptors (Lipinski definition) is 4. The number of nitrogens with two attached hydrogens (primary N) is 1. The number of aromatic nitrogens is 1. The van der Waals surface area contributed by atoms with Crippen molar-refractivity contribution in [2.75, 3.05) is 24.3 Å². The molecular formula is C15H18N4O. The lowest BCUT2D eigenvalue weighted by molar-refractivity contribution is 0.102. The van der Waals surface area contributed by atoms with Crippen molar-refractivity contribution >= 4 is 17.3 Å². The van der Waals surface area contributed by atoms with Crippen LogP contribution in [0, 0.1) is 0 Å². The van der Waals surface area contributed by atoms with Crippen LogP contribution in [0.3, 0.4) is 0 Å². The summed E-state index contributed by atoms with van der Waals surface area (Å²) in [5.41, 5.74) is 8.72. The van der Waals surface area contributed by atoms with Crippen molar-refractivity contribution in [2.24, 2.45) is 5.73 Å². The number of pyridine rings is 1. The molecule has 3 N–H and O–H groups in total. The fourth-order valence-corrected chi connectivity index (χ4v) is 1.86. The zero-order valence-electron chi connectivity index (χ0n) is 11.6. The van der Waals surface area contributed by atoms with Gasteiger partial charge in [0, 0.05) is 32.4 Å². The molecule has 0 aliphatic heterocycles. The number of carbonyl (C=O) groups is 1. The number of nitrogens with one attached hydrogen (secondary N) is 1. The molecule has 0 radical (unpaired) electrons. The topological polar surface area (TPSA) is 71.2 Å². The third kappa shape index (κ3) is 3.13. The number of carbonyl (C=O) groups excluding carboxylic acids is 1. The van der Waals surface area contributed by atoms with E-state index in [4.69, 9.17) is 5.73 Å². The molecule has 0 fully saturated rings. The van der Waals surface area contributed by atoms with Gasteiger partial charge < -0.3 is 16.0 Å². The molecule has 0 aliphatic rings. The third-order valence-corrected chi connectivity index (χ3v) is 2.98. The van der Waals surface area contributed by atoms with Gasteiger partial charge in [0.2, 0.25) is 0 Å². The highest BCUT2D eigenvalue weighted by atomic mass is 16.1. The largest absolute Gasteiger partial charge is 0.376 e. The van der Waals surface area contributed by atoms with Crippen molar-refractivity contribution in [3.63, 3.8) is 0 Å². The van der Waals surface area contributed by atoms with Crippen LogP contribution in [0.2, 0.25) is 0 Å². The van der Waals surface area contributed by atoms with Crippen LogP contribution in [0.15, 0.2) is 42.7 Å². The molecule has 0 atom stereocenters. The highest BCUT2D eigenvalue weighted by molar-refractivity contribution is 6.05. The quantitative estimate of drug-likeness (QED) is 0.889. The fourth-order valence-electron chi connectivity index (χ4n) is 1.86. The Balaban J connectivity index is 2.19. The third-order valence-electron chi connectivity index (χ3n) is 2.98. The van der Waals surface area contributed by atoms with Gasteiger partial charge in [0.1, 0.15) is 0 Å². The summed E-state index contributed by atoms with van der Waals surface area (Å²) in [6.07, 6.45) is 3.34. The highest BCUT2D eigenvalue weighted by Gasteiger charge is 2.10. The van der Waals surface area contributed by atoms with E-state index in [-0.39, 0.29) is 5.91 Å². The Labute approximate surface area is 118 Å². The van der Waals surface area contributed by atoms with Crippen LogP contribution in [0.5, 0.6) is 0 Å². The number of amides is 1. The fraction of sp³-hybridized carbons (Fsp3) is 0.200. The van der Waals surface area contributed by atoms with Crippen molar-refractivity contribution in [1.29, 1.82) is 0 Å². The Morgan fingerprint density at radius 2 is 1.95 bits per heavy atom. The number of anilines is 2. The second kappa shape index (κ2) is 6.16. The summed E-state index contributed by atoms with van der Waals surface area (Å²) in [4.78, 5) is 18.2. The Hall–Kier alpha value is -2.40. The van der Waals surface area contributed by atoms with Crippen LogP contribution in [-0.4, -0.2) is 25.0 Å². The SMILES string of the molecule is CN(C)c1ccncc1NC(=O)c1ccc(CN)cc1. The summed E-state index contributed by atoms with van der Waals surface area (Å²) in [5, 5.41) is 2.87. The molecule has 1 amide bonds. The second-order valence-corrected chi connectivity index (χ2v) is 4.64. The summed E-state index contributed by atoms with van der Waals surface area (Å²) in [7, 11) is 3.84. The van der Waals surface area contributed by atoms with E-state index in [0.717, 1.165) is 11.3 Å². The van der Waals surface area contributed by atoms with Crippen LogP contribution >= 0.6 is 0 Å². The summed E-state index contributed by atoms with van der Waals surface area (Å²) in [6, 6.07) is 9.09. The first-order chi connectivity index (χ1) is 9.61. The van der Waals surface area contributed by atoms with Gasteiger partial charge in [0.25, 0.3) is 5.91 Å². The van der Waals surface area contributed by atoms with Gasteiger partial charge in [-0.25, -0.2) is 0 Å². The lowest BCUT2D eigenvalue weighted by Crippen LogP contribution is -2.17. The minimum atomic E-state index is -0.162. The lowest BCUT2D eigenvalue weighted by atomic mass is 10.1. The average Bonchev–Trinajstić information content (AvgIpc) is 2.47. The second-order valence-electron chi connectivity index (χ2n) is 4.64. The normalized spacial score (nSPS) is 10.2. The molecule has 0 spiro atoms. The molecule has 1 aromatic heterocycles. The minimum Gasteiger partial charge on any atom is -0.376 e. The van der Waals surface area contributed by atoms with Gasteiger partial charge in [0.15, 0.2) is 0 Å². The molecule has 104 valence electrons. The number of hydrogen-bond donors (Lipinski definition) is 2. The van der Waals surface area contributed by atoms with Gasteiger partial charge in [0.05, 0.1) is 17.6 Å². The highest BCUT2D eigenvalue weighted by Crippen LogP contribution is 2.22. The van der Waals surface area contributed by atoms with Crippen LogP contribution in [-0.2, 0) is 6.54 Å². The van der Waals surface area contributed by atoms with Crippen molar-refractivity contribution in [2.45, 2.75) is 6.54 Å². The summed E-state index contributed by atoms with van der Waals surface area (Å²) in [6.45, 7) is 0.468. The molecule has 2 aromatic rings. The molecule has 0 unspecified atom stereocenters. The van der Waals surface area contributed by atoms with Crippen LogP contribution in [0.4, 0.5) is 11.4 Å². The molecule has 0 saturated carbocycles. The minimum absolute atomic E-state index is 0.162. The van der Waals surface area contributed by atoms with Gasteiger partial charge in [-0.3, -0.25) is 9.78 Å². The first kappa shape index (κ1) is 14.0. The van der Waals surface area contributed by atoms with Crippen molar-refractivity contribution < 1.29 is 4.79 Å². The molecule has 2 rings (SSSR count). The Morgan fingerprint density at radius 3 is 2.55 bits per heavy atom. The zero-order valence-corrected chi connectivity index (χ0v) is 11.6. The van der Waals surface area contributed by atoms with Crippen molar-refractivity contribution in [1.82, 2.24) is 4.98 Å². The zero-order chi connectivity index (χ0) is 14.5. The molecule has 1 heterocycles. The molecule has 0 saturated heterocycles. The monoisotopic (exact) mass is 270 g/mol. The Morgan fingerprint density at radius 1 is 1.25 bits per heavy atom. The van der Waals surface area contributed by atoms with Crippen molar-refractivity contribution in [3.8, 4) is 0 Å². The summed E-state index contributed by atoms with van der Waals surface area (Å²) >= 11 is 0. The molecule has 5 heteroatoms. The van der Waals surface area contributed by atoms with Crippen LogP contribution in [0.1, 0.15) is 15.9 Å². The number of rotatable bonds is 4. The van der Waals surface area contributed by atoms with Crippen molar-refractivity contribution in [3.05, 3.63) is 53.9 Å². The summed E-state index contributed by atoms with van der Waals surface area (Å²) < 4.78 is 0. The predicted molar refractivity (Wildman–Crippen MR) is 80.9 cm³/mol. The lowest BCUT2D eigenvalue weighted by Gasteiger charge is -2.17. The maximum atomic E-state index is 12.2. The average molecular weight is 270 g/mol. The Bertz CT molecular complexity index is 593. The van der Waals surface area contributed by atoms with Gasteiger partial charge in [-0.1, -0.05) is 12.1 Å². The molecular weight excluding hydrogens is 252 g/mol. The molecule has 1 aromatic carbocycles. The summed E-state index contributed by atoms with van der Waals surface area (Å²) in [5.74, 6) is -0.162. The van der Waals surface area contributed by atoms with E-state index in [2.05, 4.69) is 10.3 Å². The van der Waals surface area contributed by atoms with Gasteiger partial charge in [-0.05, 0) is 23.8 Å². The van der Waals surface area contributed by atoms with E-state index < -0.39 is 0 Å². The molecule has 20 heavy (non-hydrogen) atoms. The molecule has 5 nitrogen and oxygen atoms in total. The van der Waals surface area contributed by atoms with E-state index in [1.54, 1.807) is 24.5 Å². The molecule has 0 bridgehead atoms. The number of nitrogens with zero attached hydrogens (tertiary/aromatic N) is 2. The van der Waals surface area contributed by atoms with Gasteiger partial charge in [-0.2, -0.15) is 0 Å². The number of benzene rings is 1. The standard InChI is InChI=1S/C15H18N4O/c1-19(2)14-7-8-17-10-13(14)18-15(20)12-5-3-11(9-16)4-6-12/h3-8,10H,9,16H2,1-2H3,(H,18,20). The van der Waals surface area contributed by atoms with Crippen LogP contribution < -0.4 is 16.0 Å². The van der Waals surface area contributed by atoms with E-state index in [0.29, 0.717) is 17.8 Å². The molecule has 0 aliphatic carbocycles. The van der Waals surface area contributed by atoms with E-state index >= 15 is 0 Å². The van der Waals surface area contributed by atoms with E-state index in [1.165, 1.54) is 0 Å². The predicted octanol–water partition coefficient (Wildman–Crippen LogP) is 1.86. The first-order valence-electron chi connectivity index (χ1n) is 6.33. The Kier molecular flexibility index (Phi) is 4.32. The van der Waals surface area contributed by atoms with E-state index in [1.807, 2.05) is 37.2 Å². The van der Waals surface area contributed by atoms with Gasteiger partial charge >= 0.3 is 0 Å². The smallest absolute Gasteiger partial charge is 0.255 e. The van der Waals surface area contributed by atoms with Gasteiger partial charge in [-0.15, -0.1) is 0 Å². The maximum absolute atomic E-state index is 12.2. The first-order valence-corrected chi connectivity index (χ1v) is 6.33. The van der Waals surface area contributed by atoms with Crippen LogP contribution in [0.25, 0.3) is 0 Å². The maximum Gasteiger partial charge on any atom is 0.255 e.